The van der Waals surface area contributed by atoms with Crippen molar-refractivity contribution < 1.29 is 0 Å². The number of nitrogens with zero attached hydrogens (tertiary/aromatic N) is 4. The van der Waals surface area contributed by atoms with Crippen molar-refractivity contribution in [1.29, 1.82) is 0 Å². The Morgan fingerprint density at radius 2 is 0.871 bits per heavy atom. The van der Waals surface area contributed by atoms with E-state index in [0.29, 0.717) is 17.5 Å². The maximum absolute atomic E-state index is 5.47. The van der Waals surface area contributed by atoms with Gasteiger partial charge in [0.25, 0.3) is 0 Å². The van der Waals surface area contributed by atoms with Crippen molar-refractivity contribution in [3.63, 3.8) is 0 Å². The summed E-state index contributed by atoms with van der Waals surface area (Å²) in [6, 6.07) is 87.1. The molecule has 326 valence electrons. The molecule has 5 heteroatoms. The highest BCUT2D eigenvalue weighted by atomic mass is 32.1. The molecule has 0 N–H and O–H groups in total. The van der Waals surface area contributed by atoms with Gasteiger partial charge in [0, 0.05) is 53.3 Å². The largest absolute Gasteiger partial charge is 0.309 e. The van der Waals surface area contributed by atoms with E-state index in [9.17, 15) is 0 Å². The van der Waals surface area contributed by atoms with Gasteiger partial charge >= 0.3 is 0 Å². The first-order valence-electron chi connectivity index (χ1n) is 23.7. The zero-order chi connectivity index (χ0) is 46.1. The van der Waals surface area contributed by atoms with Gasteiger partial charge in [0.15, 0.2) is 17.5 Å². The molecule has 0 saturated heterocycles. The number of fused-ring (bicyclic) bond motifs is 9. The Morgan fingerprint density at radius 1 is 0.300 bits per heavy atom. The second kappa shape index (κ2) is 16.3. The summed E-state index contributed by atoms with van der Waals surface area (Å²) in [6.07, 6.45) is 0. The molecule has 0 unspecified atom stereocenters. The van der Waals surface area contributed by atoms with Gasteiger partial charge in [-0.3, -0.25) is 0 Å². The van der Waals surface area contributed by atoms with Gasteiger partial charge < -0.3 is 4.57 Å². The van der Waals surface area contributed by atoms with Crippen LogP contribution in [0.5, 0.6) is 0 Å². The lowest BCUT2D eigenvalue weighted by molar-refractivity contribution is 1.07. The van der Waals surface area contributed by atoms with E-state index in [-0.39, 0.29) is 0 Å². The summed E-state index contributed by atoms with van der Waals surface area (Å²) in [4.78, 5) is 16.1. The van der Waals surface area contributed by atoms with Crippen LogP contribution in [0.1, 0.15) is 0 Å². The molecule has 0 radical (unpaired) electrons. The predicted octanol–water partition coefficient (Wildman–Crippen LogP) is 17.6. The third-order valence-electron chi connectivity index (χ3n) is 13.8. The highest BCUT2D eigenvalue weighted by Crippen LogP contribution is 2.47. The summed E-state index contributed by atoms with van der Waals surface area (Å²) in [5.41, 5.74) is 12.9. The molecule has 0 spiro atoms. The Morgan fingerprint density at radius 3 is 1.66 bits per heavy atom. The molecule has 70 heavy (non-hydrogen) atoms. The van der Waals surface area contributed by atoms with Crippen molar-refractivity contribution in [3.05, 3.63) is 243 Å². The van der Waals surface area contributed by atoms with E-state index in [4.69, 9.17) is 15.0 Å². The van der Waals surface area contributed by atoms with Gasteiger partial charge in [0.1, 0.15) is 0 Å². The Hall–Kier alpha value is -9.03. The standard InChI is InChI=1S/C65H40N4S/c1-3-16-41(17-4-1)42-30-32-43(33-31-42)45-23-15-24-49(36-45)64-66-63(44-18-5-2-6-19-44)67-65(68-64)53-35-34-50(69-58-28-13-11-26-52(58)56-37-46-20-7-8-21-47(46)39-59(56)69)40-55(53)57-38-48-22-9-10-25-51(48)62-61(57)54-27-12-14-29-60(54)70-62/h1-40H. The van der Waals surface area contributed by atoms with E-state index in [2.05, 4.69) is 229 Å². The highest BCUT2D eigenvalue weighted by Gasteiger charge is 2.23. The zero-order valence-electron chi connectivity index (χ0n) is 37.8. The molecule has 0 aliphatic heterocycles. The van der Waals surface area contributed by atoms with E-state index < -0.39 is 0 Å². The van der Waals surface area contributed by atoms with Crippen molar-refractivity contribution in [2.45, 2.75) is 0 Å². The van der Waals surface area contributed by atoms with Gasteiger partial charge in [0.05, 0.1) is 11.0 Å². The van der Waals surface area contributed by atoms with Crippen molar-refractivity contribution >= 4 is 74.9 Å². The molecule has 0 aliphatic carbocycles. The molecule has 0 saturated carbocycles. The van der Waals surface area contributed by atoms with Gasteiger partial charge in [-0.15, -0.1) is 11.3 Å². The van der Waals surface area contributed by atoms with Crippen LogP contribution >= 0.6 is 11.3 Å². The molecule has 0 aliphatic rings. The summed E-state index contributed by atoms with van der Waals surface area (Å²) in [7, 11) is 0. The van der Waals surface area contributed by atoms with Crippen molar-refractivity contribution in [1.82, 2.24) is 19.5 Å². The van der Waals surface area contributed by atoms with Gasteiger partial charge in [-0.25, -0.2) is 15.0 Å². The van der Waals surface area contributed by atoms with E-state index in [1.807, 2.05) is 29.5 Å². The number of hydrogen-bond donors (Lipinski definition) is 0. The second-order valence-corrected chi connectivity index (χ2v) is 19.0. The van der Waals surface area contributed by atoms with Gasteiger partial charge in [-0.05, 0) is 110 Å². The molecular formula is C65H40N4S. The topological polar surface area (TPSA) is 43.6 Å². The lowest BCUT2D eigenvalue weighted by Crippen LogP contribution is -2.02. The Labute approximate surface area is 408 Å². The van der Waals surface area contributed by atoms with Crippen molar-refractivity contribution in [3.8, 4) is 73.2 Å². The van der Waals surface area contributed by atoms with Gasteiger partial charge in [-0.2, -0.15) is 0 Å². The molecule has 0 amide bonds. The predicted molar refractivity (Wildman–Crippen MR) is 295 cm³/mol. The number of aromatic nitrogens is 4. The number of hydrogen-bond acceptors (Lipinski definition) is 4. The molecule has 4 nitrogen and oxygen atoms in total. The fourth-order valence-electron chi connectivity index (χ4n) is 10.5. The first kappa shape index (κ1) is 40.1. The van der Waals surface area contributed by atoms with Crippen LogP contribution in [0, 0.1) is 0 Å². The van der Waals surface area contributed by atoms with Gasteiger partial charge in [-0.1, -0.05) is 188 Å². The number of thiophene rings is 1. The average molecular weight is 909 g/mol. The Balaban J connectivity index is 1.03. The van der Waals surface area contributed by atoms with E-state index >= 15 is 0 Å². The van der Waals surface area contributed by atoms with Crippen molar-refractivity contribution in [2.75, 3.05) is 0 Å². The summed E-state index contributed by atoms with van der Waals surface area (Å²) < 4.78 is 4.95. The molecule has 0 bridgehead atoms. The minimum atomic E-state index is 0.608. The molecule has 14 rings (SSSR count). The Kier molecular flexibility index (Phi) is 9.36. The molecule has 3 heterocycles. The van der Waals surface area contributed by atoms with Gasteiger partial charge in [0.2, 0.25) is 0 Å². The van der Waals surface area contributed by atoms with Crippen LogP contribution in [-0.4, -0.2) is 19.5 Å². The molecule has 0 atom stereocenters. The smallest absolute Gasteiger partial charge is 0.164 e. The lowest BCUT2D eigenvalue weighted by atomic mass is 9.91. The van der Waals surface area contributed by atoms with Crippen LogP contribution in [0.3, 0.4) is 0 Å². The van der Waals surface area contributed by atoms with E-state index in [0.717, 1.165) is 55.7 Å². The van der Waals surface area contributed by atoms with Crippen LogP contribution in [-0.2, 0) is 0 Å². The minimum Gasteiger partial charge on any atom is -0.309 e. The van der Waals surface area contributed by atoms with Crippen molar-refractivity contribution in [2.24, 2.45) is 0 Å². The maximum atomic E-state index is 5.47. The highest BCUT2D eigenvalue weighted by molar-refractivity contribution is 7.26. The first-order chi connectivity index (χ1) is 34.7. The summed E-state index contributed by atoms with van der Waals surface area (Å²) in [6.45, 7) is 0. The number of para-hydroxylation sites is 1. The summed E-state index contributed by atoms with van der Waals surface area (Å²) in [5.74, 6) is 1.84. The zero-order valence-corrected chi connectivity index (χ0v) is 38.6. The van der Waals surface area contributed by atoms with Crippen LogP contribution in [0.4, 0.5) is 0 Å². The number of benzene rings is 11. The first-order valence-corrected chi connectivity index (χ1v) is 24.5. The fraction of sp³-hybridized carbons (Fsp3) is 0. The SMILES string of the molecule is c1ccc(-c2ccc(-c3cccc(-c4nc(-c5ccccc5)nc(-c5ccc(-n6c7ccccc7c7cc8ccccc8cc76)cc5-c5cc6ccccc6c6sc7ccccc7c56)n4)c3)cc2)cc1. The second-order valence-electron chi connectivity index (χ2n) is 17.9. The summed E-state index contributed by atoms with van der Waals surface area (Å²) >= 11 is 1.86. The quantitative estimate of drug-likeness (QED) is 0.160. The lowest BCUT2D eigenvalue weighted by Gasteiger charge is -2.17. The van der Waals surface area contributed by atoms with Crippen LogP contribution in [0.25, 0.3) is 137 Å². The Bertz CT molecular complexity index is 4340. The van der Waals surface area contributed by atoms with E-state index in [1.165, 1.54) is 63.6 Å². The third kappa shape index (κ3) is 6.70. The van der Waals surface area contributed by atoms with E-state index in [1.54, 1.807) is 0 Å². The third-order valence-corrected chi connectivity index (χ3v) is 15.0. The van der Waals surface area contributed by atoms with Crippen LogP contribution in [0.2, 0.25) is 0 Å². The maximum Gasteiger partial charge on any atom is 0.164 e. The molecule has 11 aromatic carbocycles. The average Bonchev–Trinajstić information content (AvgIpc) is 3.99. The normalized spacial score (nSPS) is 11.7. The molecule has 3 aromatic heterocycles. The monoisotopic (exact) mass is 908 g/mol. The fourth-order valence-corrected chi connectivity index (χ4v) is 11.7. The van der Waals surface area contributed by atoms with Crippen LogP contribution < -0.4 is 0 Å². The van der Waals surface area contributed by atoms with Crippen LogP contribution in [0.15, 0.2) is 243 Å². The summed E-state index contributed by atoms with van der Waals surface area (Å²) in [5, 5.41) is 9.77. The molecule has 14 aromatic rings. The minimum absolute atomic E-state index is 0.608. The number of rotatable bonds is 7. The molecule has 0 fully saturated rings. The molecular weight excluding hydrogens is 869 g/mol.